The predicted molar refractivity (Wildman–Crippen MR) is 442 cm³/mol. The molecule has 0 heterocycles. The van der Waals surface area contributed by atoms with E-state index in [1.54, 1.807) is 0 Å². The molecule has 0 spiro atoms. The minimum Gasteiger partial charge on any atom is -0.433 e. The first-order valence-corrected chi connectivity index (χ1v) is 53.1. The quantitative estimate of drug-likeness (QED) is 0.0525. The number of hydrogen-bond acceptors (Lipinski definition) is 8. The first-order chi connectivity index (χ1) is 47.8. The van der Waals surface area contributed by atoms with Gasteiger partial charge in [0, 0.05) is 68.0 Å². The predicted octanol–water partition coefficient (Wildman–Crippen LogP) is 24.5. The number of rotatable bonds is 25. The van der Waals surface area contributed by atoms with Crippen LogP contribution in [0.1, 0.15) is 0 Å². The Hall–Kier alpha value is -9.02. The zero-order valence-corrected chi connectivity index (χ0v) is 66.4. The van der Waals surface area contributed by atoms with E-state index in [1.807, 2.05) is 0 Å². The first-order valence-electron chi connectivity index (χ1n) is 34.8. The lowest BCUT2D eigenvalue weighted by molar-refractivity contribution is 0.403. The number of nitrogens with zero attached hydrogens (tertiary/aromatic N) is 4. The maximum absolute atomic E-state index is 7.10. The van der Waals surface area contributed by atoms with Crippen molar-refractivity contribution in [3.05, 3.63) is 315 Å². The second kappa shape index (κ2) is 29.7. The lowest BCUT2D eigenvalue weighted by Gasteiger charge is -2.39. The minimum absolute atomic E-state index is 1.06. The van der Waals surface area contributed by atoms with Crippen molar-refractivity contribution >= 4 is 129 Å². The second-order valence-corrected chi connectivity index (χ2v) is 54.9. The summed E-state index contributed by atoms with van der Waals surface area (Å²) in [6.07, 6.45) is 0. The fraction of sp³-hybridized carbons (Fsp3) is 0.163. The number of anilines is 12. The fourth-order valence-electron chi connectivity index (χ4n) is 13.5. The third kappa shape index (κ3) is 17.1. The van der Waals surface area contributed by atoms with Gasteiger partial charge in [0.1, 0.15) is 0 Å². The average molecular weight is 1420 g/mol. The van der Waals surface area contributed by atoms with Gasteiger partial charge in [0.2, 0.25) is 0 Å². The Labute approximate surface area is 601 Å². The Bertz CT molecular complexity index is 4350. The van der Waals surface area contributed by atoms with Gasteiger partial charge in [-0.15, -0.1) is 0 Å². The molecule has 0 radical (unpaired) electrons. The molecule has 0 saturated carbocycles. The minimum atomic E-state index is -2.82. The summed E-state index contributed by atoms with van der Waals surface area (Å²) in [7, 11) is -13.6. The van der Waals surface area contributed by atoms with Crippen molar-refractivity contribution in [2.75, 3.05) is 19.6 Å². The maximum atomic E-state index is 7.10. The molecule has 8 nitrogen and oxygen atoms in total. The van der Waals surface area contributed by atoms with Gasteiger partial charge < -0.3 is 36.1 Å². The maximum Gasteiger partial charge on any atom is 0.348 e. The summed E-state index contributed by atoms with van der Waals surface area (Å²) >= 11 is 0. The molecule has 14 heteroatoms. The lowest BCUT2D eigenvalue weighted by Crippen LogP contribution is -2.60. The van der Waals surface area contributed by atoms with Crippen molar-refractivity contribution in [3.63, 3.8) is 0 Å². The summed E-state index contributed by atoms with van der Waals surface area (Å²) in [5.74, 6) is 0. The molecule has 0 aliphatic carbocycles. The van der Waals surface area contributed by atoms with Gasteiger partial charge in [-0.25, -0.2) is 0 Å². The SMILES string of the molecule is C[Si](C)(C)O[Si](C)(O[Si](C)(C)C)c1cccc(N(c2ccccc2)c2ccccc2-c2ccc(N(c3ccccc3)c3ccc(-c4ccc(N(c5ccccc5)c5ccc(-c6ccccc6N(c6ccccc6)c6cccc([Si](C)(O[Si](C)(C)C)O[Si](C)(C)C)c6)cc5)cc4)cc3)cc2)c1. The molecule has 0 atom stereocenters. The molecular formula is C86H94N4O4Si6. The average Bonchev–Trinajstić information content (AvgIpc) is 0.776. The van der Waals surface area contributed by atoms with Crippen molar-refractivity contribution < 1.29 is 16.5 Å². The molecule has 0 aliphatic rings. The molecule has 506 valence electrons. The van der Waals surface area contributed by atoms with Gasteiger partial charge in [0.25, 0.3) is 0 Å². The van der Waals surface area contributed by atoms with Gasteiger partial charge in [-0.1, -0.05) is 182 Å². The van der Waals surface area contributed by atoms with E-state index in [4.69, 9.17) is 16.5 Å². The van der Waals surface area contributed by atoms with Crippen LogP contribution in [-0.4, -0.2) is 50.4 Å². The van der Waals surface area contributed by atoms with Crippen LogP contribution in [0, 0.1) is 0 Å². The molecule has 0 unspecified atom stereocenters. The molecule has 12 rings (SSSR count). The lowest BCUT2D eigenvalue weighted by atomic mass is 10.0. The Balaban J connectivity index is 0.825. The van der Waals surface area contributed by atoms with E-state index in [2.05, 4.69) is 427 Å². The highest BCUT2D eigenvalue weighted by atomic mass is 28.5. The van der Waals surface area contributed by atoms with Crippen molar-refractivity contribution in [2.45, 2.75) is 91.7 Å². The van der Waals surface area contributed by atoms with Crippen molar-refractivity contribution in [3.8, 4) is 33.4 Å². The van der Waals surface area contributed by atoms with Crippen LogP contribution in [0.15, 0.2) is 315 Å². The summed E-state index contributed by atoms with van der Waals surface area (Å²) < 4.78 is 28.4. The van der Waals surface area contributed by atoms with Crippen LogP contribution in [0.3, 0.4) is 0 Å². The van der Waals surface area contributed by atoms with E-state index in [-0.39, 0.29) is 0 Å². The van der Waals surface area contributed by atoms with Crippen LogP contribution in [0.5, 0.6) is 0 Å². The molecule has 12 aromatic rings. The highest BCUT2D eigenvalue weighted by Crippen LogP contribution is 2.46. The van der Waals surface area contributed by atoms with Gasteiger partial charge in [-0.05, 0) is 258 Å². The van der Waals surface area contributed by atoms with Crippen molar-refractivity contribution in [1.29, 1.82) is 0 Å². The molecule has 12 aromatic carbocycles. The Kier molecular flexibility index (Phi) is 21.0. The Morgan fingerprint density at radius 2 is 0.410 bits per heavy atom. The summed E-state index contributed by atoms with van der Waals surface area (Å²) in [5, 5.41) is 2.28. The Morgan fingerprint density at radius 1 is 0.190 bits per heavy atom. The zero-order valence-electron chi connectivity index (χ0n) is 60.4. The van der Waals surface area contributed by atoms with E-state index in [1.165, 1.54) is 0 Å². The van der Waals surface area contributed by atoms with Gasteiger partial charge >= 0.3 is 17.1 Å². The number of hydrogen-bond donors (Lipinski definition) is 0. The summed E-state index contributed by atoms with van der Waals surface area (Å²) in [4.78, 5) is 9.43. The monoisotopic (exact) mass is 1410 g/mol. The second-order valence-electron chi connectivity index (χ2n) is 29.8. The smallest absolute Gasteiger partial charge is 0.348 e. The highest BCUT2D eigenvalue weighted by Gasteiger charge is 2.44. The third-order valence-corrected chi connectivity index (χ3v) is 35.8. The normalized spacial score (nSPS) is 12.3. The molecule has 0 fully saturated rings. The van der Waals surface area contributed by atoms with Crippen molar-refractivity contribution in [1.82, 2.24) is 0 Å². The largest absolute Gasteiger partial charge is 0.433 e. The standard InChI is InChI=1S/C86H94N4O4Si6/c1-95(2,3)91-99(13,92-96(4,5)6)81-43-31-41-79(65-81)89(73-37-23-17-24-38-73)85-47-29-27-45-83(85)69-53-61-77(62-54-69)87(71-33-19-15-20-34-71)75-57-49-67(50-58-75)68-51-59-76(60-52-68)88(72-35-21-16-22-36-72)78-63-55-70(56-64-78)84-46-28-30-48-86(84)90(74-39-25-18-26-40-74)80-42-32-44-82(66-80)100(14,93-97(7,8)9)94-98(10,11)12/h15-66H,1-14H3. The molecular weight excluding hydrogens is 1320 g/mol. The molecule has 0 saturated heterocycles. The highest BCUT2D eigenvalue weighted by molar-refractivity contribution is 6.95. The topological polar surface area (TPSA) is 49.9 Å². The van der Waals surface area contributed by atoms with Crippen LogP contribution in [0.2, 0.25) is 91.7 Å². The van der Waals surface area contributed by atoms with Crippen LogP contribution < -0.4 is 30.0 Å². The number of benzene rings is 12. The summed E-state index contributed by atoms with van der Waals surface area (Å²) in [6.45, 7) is 31.6. The molecule has 100 heavy (non-hydrogen) atoms. The molecule has 0 aromatic heterocycles. The van der Waals surface area contributed by atoms with E-state index >= 15 is 0 Å². The Morgan fingerprint density at radius 3 is 0.680 bits per heavy atom. The van der Waals surface area contributed by atoms with Crippen LogP contribution in [0.25, 0.3) is 33.4 Å². The van der Waals surface area contributed by atoms with Crippen LogP contribution in [-0.2, 0) is 16.5 Å². The first kappa shape index (κ1) is 70.8. The molecule has 0 bridgehead atoms. The molecule has 0 amide bonds. The number of para-hydroxylation sites is 6. The van der Waals surface area contributed by atoms with Gasteiger partial charge in [0.05, 0.1) is 11.4 Å². The van der Waals surface area contributed by atoms with Crippen molar-refractivity contribution in [2.24, 2.45) is 0 Å². The molecule has 0 N–H and O–H groups in total. The van der Waals surface area contributed by atoms with E-state index in [0.717, 1.165) is 112 Å². The van der Waals surface area contributed by atoms with Gasteiger partial charge in [-0.2, -0.15) is 0 Å². The van der Waals surface area contributed by atoms with Crippen LogP contribution in [0.4, 0.5) is 68.2 Å². The molecule has 0 aliphatic heterocycles. The zero-order chi connectivity index (χ0) is 70.5. The van der Waals surface area contributed by atoms with Crippen LogP contribution >= 0.6 is 0 Å². The van der Waals surface area contributed by atoms with E-state index < -0.39 is 50.4 Å². The van der Waals surface area contributed by atoms with Gasteiger partial charge in [0.15, 0.2) is 33.3 Å². The fourth-order valence-corrected chi connectivity index (χ4v) is 36.8. The van der Waals surface area contributed by atoms with Gasteiger partial charge in [-0.3, -0.25) is 0 Å². The van der Waals surface area contributed by atoms with E-state index in [9.17, 15) is 0 Å². The summed E-state index contributed by atoms with van der Waals surface area (Å²) in [5.41, 5.74) is 19.5. The third-order valence-electron chi connectivity index (χ3n) is 17.1. The van der Waals surface area contributed by atoms with E-state index in [0.29, 0.717) is 0 Å². The summed E-state index contributed by atoms with van der Waals surface area (Å²) in [6, 6.07) is 114.